The standard InChI is InChI=1S/C15H18ClN3O/c16-13-6-4-12(5-7-13)15-18-14(20-19-15)8-3-11-2-1-9-17-10-11/h4-7,11,17H,1-3,8-10H2. The van der Waals surface area contributed by atoms with Gasteiger partial charge in [0, 0.05) is 17.0 Å². The molecular weight excluding hydrogens is 274 g/mol. The van der Waals surface area contributed by atoms with Crippen molar-refractivity contribution in [2.45, 2.75) is 25.7 Å². The maximum Gasteiger partial charge on any atom is 0.226 e. The van der Waals surface area contributed by atoms with Gasteiger partial charge in [0.25, 0.3) is 0 Å². The van der Waals surface area contributed by atoms with E-state index in [1.54, 1.807) is 0 Å². The maximum absolute atomic E-state index is 5.87. The van der Waals surface area contributed by atoms with E-state index in [2.05, 4.69) is 15.5 Å². The topological polar surface area (TPSA) is 51.0 Å². The van der Waals surface area contributed by atoms with Crippen LogP contribution in [0.3, 0.4) is 0 Å². The number of rotatable bonds is 4. The average molecular weight is 292 g/mol. The summed E-state index contributed by atoms with van der Waals surface area (Å²) < 4.78 is 5.33. The Balaban J connectivity index is 1.60. The Morgan fingerprint density at radius 3 is 2.90 bits per heavy atom. The minimum Gasteiger partial charge on any atom is -0.339 e. The molecule has 0 amide bonds. The summed E-state index contributed by atoms with van der Waals surface area (Å²) in [6, 6.07) is 7.48. The molecule has 4 nitrogen and oxygen atoms in total. The van der Waals surface area contributed by atoms with Crippen LogP contribution in [0.2, 0.25) is 5.02 Å². The first kappa shape index (κ1) is 13.6. The van der Waals surface area contributed by atoms with E-state index in [9.17, 15) is 0 Å². The molecule has 0 aliphatic carbocycles. The molecule has 3 rings (SSSR count). The molecule has 1 aromatic carbocycles. The third-order valence-corrected chi connectivity index (χ3v) is 3.99. The minimum absolute atomic E-state index is 0.637. The highest BCUT2D eigenvalue weighted by atomic mass is 35.5. The van der Waals surface area contributed by atoms with Gasteiger partial charge in [0.05, 0.1) is 0 Å². The van der Waals surface area contributed by atoms with Crippen molar-refractivity contribution in [1.82, 2.24) is 15.5 Å². The van der Waals surface area contributed by atoms with E-state index in [0.29, 0.717) is 10.8 Å². The van der Waals surface area contributed by atoms with Gasteiger partial charge in [-0.2, -0.15) is 4.98 Å². The lowest BCUT2D eigenvalue weighted by molar-refractivity contribution is 0.327. The summed E-state index contributed by atoms with van der Waals surface area (Å²) in [5.74, 6) is 2.09. The van der Waals surface area contributed by atoms with E-state index in [0.717, 1.165) is 43.3 Å². The number of aryl methyl sites for hydroxylation is 1. The van der Waals surface area contributed by atoms with Crippen LogP contribution in [0.25, 0.3) is 11.4 Å². The van der Waals surface area contributed by atoms with Crippen LogP contribution in [0.1, 0.15) is 25.2 Å². The number of hydrogen-bond donors (Lipinski definition) is 1. The van der Waals surface area contributed by atoms with Crippen molar-refractivity contribution < 1.29 is 4.52 Å². The Labute approximate surface area is 123 Å². The molecule has 2 aromatic rings. The Kier molecular flexibility index (Phi) is 4.33. The number of nitrogens with one attached hydrogen (secondary N) is 1. The van der Waals surface area contributed by atoms with E-state index < -0.39 is 0 Å². The Morgan fingerprint density at radius 2 is 2.15 bits per heavy atom. The first-order chi connectivity index (χ1) is 9.81. The number of piperidine rings is 1. The van der Waals surface area contributed by atoms with Crippen molar-refractivity contribution in [2.24, 2.45) is 5.92 Å². The monoisotopic (exact) mass is 291 g/mol. The molecule has 0 spiro atoms. The Hall–Kier alpha value is -1.39. The lowest BCUT2D eigenvalue weighted by atomic mass is 9.95. The lowest BCUT2D eigenvalue weighted by Crippen LogP contribution is -2.29. The van der Waals surface area contributed by atoms with Crippen molar-refractivity contribution in [1.29, 1.82) is 0 Å². The first-order valence-corrected chi connectivity index (χ1v) is 7.48. The molecule has 1 aliphatic heterocycles. The number of nitrogens with zero attached hydrogens (tertiary/aromatic N) is 2. The highest BCUT2D eigenvalue weighted by Gasteiger charge is 2.15. The maximum atomic E-state index is 5.87. The Morgan fingerprint density at radius 1 is 1.30 bits per heavy atom. The van der Waals surface area contributed by atoms with Crippen molar-refractivity contribution in [2.75, 3.05) is 13.1 Å². The van der Waals surface area contributed by atoms with Crippen LogP contribution in [-0.2, 0) is 6.42 Å². The fraction of sp³-hybridized carbons (Fsp3) is 0.467. The highest BCUT2D eigenvalue weighted by Crippen LogP contribution is 2.20. The molecule has 1 aromatic heterocycles. The van der Waals surface area contributed by atoms with E-state index in [1.165, 1.54) is 12.8 Å². The quantitative estimate of drug-likeness (QED) is 0.939. The SMILES string of the molecule is Clc1ccc(-c2noc(CCC3CCCNC3)n2)cc1. The molecule has 0 saturated carbocycles. The Bertz CT molecular complexity index is 547. The van der Waals surface area contributed by atoms with Crippen LogP contribution in [0, 0.1) is 5.92 Å². The van der Waals surface area contributed by atoms with Crippen LogP contribution in [-0.4, -0.2) is 23.2 Å². The summed E-state index contributed by atoms with van der Waals surface area (Å²) in [6.07, 6.45) is 4.53. The van der Waals surface area contributed by atoms with Gasteiger partial charge < -0.3 is 9.84 Å². The van der Waals surface area contributed by atoms with Crippen LogP contribution < -0.4 is 5.32 Å². The second kappa shape index (κ2) is 6.37. The molecular formula is C15H18ClN3O. The van der Waals surface area contributed by atoms with Crippen molar-refractivity contribution in [3.8, 4) is 11.4 Å². The zero-order valence-electron chi connectivity index (χ0n) is 11.3. The second-order valence-corrected chi connectivity index (χ2v) is 5.71. The summed E-state index contributed by atoms with van der Waals surface area (Å²) in [7, 11) is 0. The zero-order chi connectivity index (χ0) is 13.8. The molecule has 1 aliphatic rings. The molecule has 106 valence electrons. The summed E-state index contributed by atoms with van der Waals surface area (Å²) >= 11 is 5.87. The van der Waals surface area contributed by atoms with Gasteiger partial charge in [-0.3, -0.25) is 0 Å². The van der Waals surface area contributed by atoms with Gasteiger partial charge in [0.15, 0.2) is 0 Å². The second-order valence-electron chi connectivity index (χ2n) is 5.27. The van der Waals surface area contributed by atoms with Crippen LogP contribution in [0.15, 0.2) is 28.8 Å². The van der Waals surface area contributed by atoms with Gasteiger partial charge in [-0.1, -0.05) is 16.8 Å². The number of hydrogen-bond acceptors (Lipinski definition) is 4. The molecule has 2 heterocycles. The fourth-order valence-electron chi connectivity index (χ4n) is 2.57. The van der Waals surface area contributed by atoms with Crippen LogP contribution in [0.4, 0.5) is 0 Å². The molecule has 1 fully saturated rings. The van der Waals surface area contributed by atoms with Crippen LogP contribution in [0.5, 0.6) is 0 Å². The van der Waals surface area contributed by atoms with E-state index in [-0.39, 0.29) is 0 Å². The highest BCUT2D eigenvalue weighted by molar-refractivity contribution is 6.30. The largest absolute Gasteiger partial charge is 0.339 e. The number of halogens is 1. The van der Waals surface area contributed by atoms with Gasteiger partial charge >= 0.3 is 0 Å². The van der Waals surface area contributed by atoms with E-state index in [4.69, 9.17) is 16.1 Å². The summed E-state index contributed by atoms with van der Waals surface area (Å²) in [5.41, 5.74) is 0.934. The normalized spacial score (nSPS) is 19.1. The molecule has 1 unspecified atom stereocenters. The average Bonchev–Trinajstić information content (AvgIpc) is 2.96. The van der Waals surface area contributed by atoms with Gasteiger partial charge in [-0.25, -0.2) is 0 Å². The summed E-state index contributed by atoms with van der Waals surface area (Å²) in [4.78, 5) is 4.45. The van der Waals surface area contributed by atoms with E-state index >= 15 is 0 Å². The van der Waals surface area contributed by atoms with Gasteiger partial charge in [-0.15, -0.1) is 0 Å². The molecule has 1 saturated heterocycles. The smallest absolute Gasteiger partial charge is 0.226 e. The minimum atomic E-state index is 0.637. The molecule has 0 bridgehead atoms. The third-order valence-electron chi connectivity index (χ3n) is 3.74. The summed E-state index contributed by atoms with van der Waals surface area (Å²) in [5, 5.41) is 8.17. The summed E-state index contributed by atoms with van der Waals surface area (Å²) in [6.45, 7) is 2.26. The molecule has 5 heteroatoms. The fourth-order valence-corrected chi connectivity index (χ4v) is 2.70. The molecule has 1 N–H and O–H groups in total. The van der Waals surface area contributed by atoms with Crippen molar-refractivity contribution >= 4 is 11.6 Å². The molecule has 1 atom stereocenters. The first-order valence-electron chi connectivity index (χ1n) is 7.10. The third kappa shape index (κ3) is 3.38. The number of aromatic nitrogens is 2. The van der Waals surface area contributed by atoms with Gasteiger partial charge in [-0.05, 0) is 62.5 Å². The van der Waals surface area contributed by atoms with Gasteiger partial charge in [0.2, 0.25) is 11.7 Å². The zero-order valence-corrected chi connectivity index (χ0v) is 12.1. The lowest BCUT2D eigenvalue weighted by Gasteiger charge is -2.21. The van der Waals surface area contributed by atoms with E-state index in [1.807, 2.05) is 24.3 Å². The predicted octanol–water partition coefficient (Wildman–Crippen LogP) is 3.32. The number of benzene rings is 1. The van der Waals surface area contributed by atoms with Crippen molar-refractivity contribution in [3.63, 3.8) is 0 Å². The van der Waals surface area contributed by atoms with Gasteiger partial charge in [0.1, 0.15) is 0 Å². The van der Waals surface area contributed by atoms with Crippen molar-refractivity contribution in [3.05, 3.63) is 35.2 Å². The predicted molar refractivity (Wildman–Crippen MR) is 78.7 cm³/mol. The van der Waals surface area contributed by atoms with Crippen LogP contribution >= 0.6 is 11.6 Å². The molecule has 20 heavy (non-hydrogen) atoms. The molecule has 0 radical (unpaired) electrons.